The molecule has 1 amide bonds. The second-order valence-corrected chi connectivity index (χ2v) is 4.54. The summed E-state index contributed by atoms with van der Waals surface area (Å²) in [6, 6.07) is 0. The largest absolute Gasteiger partial charge is 0.474 e. The second kappa shape index (κ2) is 8.40. The molecule has 0 saturated heterocycles. The smallest absolute Gasteiger partial charge is 0.447 e. The Hall–Kier alpha value is -0.700. The molecule has 0 aromatic rings. The van der Waals surface area contributed by atoms with Crippen LogP contribution in [0.25, 0.3) is 0 Å². The monoisotopic (exact) mass is 273 g/mol. The first-order valence-electron chi connectivity index (χ1n) is 4.59. The lowest BCUT2D eigenvalue weighted by Gasteiger charge is -2.17. The van der Waals surface area contributed by atoms with E-state index in [1.54, 1.807) is 0 Å². The summed E-state index contributed by atoms with van der Waals surface area (Å²) < 4.78 is 29.8. The molecule has 4 N–H and O–H groups in total. The van der Waals surface area contributed by atoms with E-state index in [0.717, 1.165) is 7.11 Å². The zero-order valence-corrected chi connectivity index (χ0v) is 10.2. The van der Waals surface area contributed by atoms with Gasteiger partial charge in [0.15, 0.2) is 0 Å². The third-order valence-corrected chi connectivity index (χ3v) is 2.85. The molecule has 0 aliphatic rings. The molecule has 0 aromatic carbocycles. The van der Waals surface area contributed by atoms with Crippen molar-refractivity contribution in [3.05, 3.63) is 0 Å². The molecule has 2 atom stereocenters. The Morgan fingerprint density at radius 1 is 1.41 bits per heavy atom. The molecule has 10 heteroatoms. The maximum absolute atomic E-state index is 11.6. The van der Waals surface area contributed by atoms with Gasteiger partial charge in [-0.15, -0.1) is 0 Å². The Bertz CT molecular complexity index is 273. The van der Waals surface area contributed by atoms with E-state index >= 15 is 0 Å². The van der Waals surface area contributed by atoms with Gasteiger partial charge in [0.2, 0.25) is 0 Å². The number of phosphoric acid groups is 1. The van der Waals surface area contributed by atoms with Crippen LogP contribution < -0.4 is 5.73 Å². The quantitative estimate of drug-likeness (QED) is 0.367. The van der Waals surface area contributed by atoms with Crippen molar-refractivity contribution in [2.45, 2.75) is 6.10 Å². The lowest BCUT2D eigenvalue weighted by Crippen LogP contribution is -2.20. The number of aliphatic hydroxyl groups is 2. The highest BCUT2D eigenvalue weighted by Gasteiger charge is 2.26. The third-order valence-electron chi connectivity index (χ3n) is 1.44. The van der Waals surface area contributed by atoms with Crippen molar-refractivity contribution in [2.24, 2.45) is 5.73 Å². The van der Waals surface area contributed by atoms with Crippen molar-refractivity contribution in [3.8, 4) is 0 Å². The van der Waals surface area contributed by atoms with Crippen molar-refractivity contribution in [3.63, 3.8) is 0 Å². The van der Waals surface area contributed by atoms with E-state index in [4.69, 9.17) is 14.7 Å². The first-order chi connectivity index (χ1) is 7.93. The Balaban J connectivity index is 3.93. The number of primary amides is 1. The molecule has 0 heterocycles. The van der Waals surface area contributed by atoms with E-state index in [-0.39, 0.29) is 13.2 Å². The molecule has 0 saturated carbocycles. The zero-order chi connectivity index (χ0) is 13.3. The number of nitrogens with two attached hydrogens (primary N) is 1. The van der Waals surface area contributed by atoms with Gasteiger partial charge in [0.05, 0.1) is 19.8 Å². The van der Waals surface area contributed by atoms with Gasteiger partial charge in [0, 0.05) is 7.11 Å². The summed E-state index contributed by atoms with van der Waals surface area (Å²) in [4.78, 5) is 10.2. The van der Waals surface area contributed by atoms with Crippen molar-refractivity contribution < 1.29 is 37.9 Å². The molecule has 102 valence electrons. The van der Waals surface area contributed by atoms with E-state index in [9.17, 15) is 9.36 Å². The average molecular weight is 273 g/mol. The predicted octanol–water partition coefficient (Wildman–Crippen LogP) is -0.777. The normalized spacial score (nSPS) is 16.2. The average Bonchev–Trinajstić information content (AvgIpc) is 2.31. The number of hydrogen-bond donors (Lipinski definition) is 3. The minimum atomic E-state index is -3.83. The van der Waals surface area contributed by atoms with Crippen molar-refractivity contribution in [1.82, 2.24) is 0 Å². The van der Waals surface area contributed by atoms with Crippen LogP contribution in [0.5, 0.6) is 0 Å². The molecule has 0 spiro atoms. The van der Waals surface area contributed by atoms with Crippen molar-refractivity contribution >= 4 is 13.9 Å². The molecule has 0 aliphatic heterocycles. The van der Waals surface area contributed by atoms with Crippen molar-refractivity contribution in [1.29, 1.82) is 0 Å². The third kappa shape index (κ3) is 8.08. The van der Waals surface area contributed by atoms with Crippen LogP contribution in [-0.2, 0) is 22.9 Å². The topological polar surface area (TPSA) is 138 Å². The number of hydrogen-bond acceptors (Lipinski definition) is 8. The van der Waals surface area contributed by atoms with E-state index < -0.39 is 33.2 Å². The van der Waals surface area contributed by atoms with Crippen LogP contribution in [0.2, 0.25) is 0 Å². The van der Waals surface area contributed by atoms with Crippen LogP contribution in [0.1, 0.15) is 0 Å². The van der Waals surface area contributed by atoms with Gasteiger partial charge in [-0.05, 0) is 0 Å². The van der Waals surface area contributed by atoms with E-state index in [0.29, 0.717) is 0 Å². The highest BCUT2D eigenvalue weighted by Crippen LogP contribution is 2.48. The Morgan fingerprint density at radius 3 is 2.53 bits per heavy atom. The summed E-state index contributed by atoms with van der Waals surface area (Å²) >= 11 is 0. The summed E-state index contributed by atoms with van der Waals surface area (Å²) in [5, 5.41) is 17.5. The minimum absolute atomic E-state index is 0.214. The summed E-state index contributed by atoms with van der Waals surface area (Å²) in [6.07, 6.45) is -2.18. The summed E-state index contributed by atoms with van der Waals surface area (Å²) in [6.45, 7) is -1.43. The molecule has 0 bridgehead atoms. The van der Waals surface area contributed by atoms with Gasteiger partial charge in [-0.1, -0.05) is 0 Å². The number of rotatable bonds is 9. The molecule has 9 nitrogen and oxygen atoms in total. The first-order valence-corrected chi connectivity index (χ1v) is 6.05. The number of phosphoric ester groups is 1. The number of aliphatic hydroxyl groups excluding tert-OH is 2. The van der Waals surface area contributed by atoms with Crippen LogP contribution in [0.3, 0.4) is 0 Å². The lowest BCUT2D eigenvalue weighted by molar-refractivity contribution is 0.0296. The fourth-order valence-corrected chi connectivity index (χ4v) is 1.60. The van der Waals surface area contributed by atoms with Gasteiger partial charge >= 0.3 is 13.9 Å². The summed E-state index contributed by atoms with van der Waals surface area (Å²) in [5.41, 5.74) is 4.68. The molecule has 2 unspecified atom stereocenters. The van der Waals surface area contributed by atoms with Crippen LogP contribution in [0.15, 0.2) is 0 Å². The number of amides is 1. The molecule has 0 rings (SSSR count). The SMILES string of the molecule is COP(=O)(OCCOC(N)=O)OCC(O)CO. The molecule has 17 heavy (non-hydrogen) atoms. The lowest BCUT2D eigenvalue weighted by atomic mass is 10.4. The fourth-order valence-electron chi connectivity index (χ4n) is 0.664. The van der Waals surface area contributed by atoms with Gasteiger partial charge < -0.3 is 20.7 Å². The molecule has 0 aromatic heterocycles. The Morgan fingerprint density at radius 2 is 2.06 bits per heavy atom. The van der Waals surface area contributed by atoms with Gasteiger partial charge in [0.1, 0.15) is 12.7 Å². The van der Waals surface area contributed by atoms with Gasteiger partial charge in [-0.3, -0.25) is 13.6 Å². The second-order valence-electron chi connectivity index (χ2n) is 2.76. The summed E-state index contributed by atoms with van der Waals surface area (Å²) in [5.74, 6) is 0. The van der Waals surface area contributed by atoms with Crippen LogP contribution in [0.4, 0.5) is 4.79 Å². The molecule has 0 radical (unpaired) electrons. The van der Waals surface area contributed by atoms with E-state index in [1.807, 2.05) is 0 Å². The molecule has 0 fully saturated rings. The van der Waals surface area contributed by atoms with Crippen LogP contribution in [-0.4, -0.2) is 55.9 Å². The molecular weight excluding hydrogens is 257 g/mol. The number of ether oxygens (including phenoxy) is 1. The van der Waals surface area contributed by atoms with Gasteiger partial charge in [0.25, 0.3) is 0 Å². The molecule has 0 aliphatic carbocycles. The fraction of sp³-hybridized carbons (Fsp3) is 0.857. The highest BCUT2D eigenvalue weighted by molar-refractivity contribution is 7.48. The number of carbonyl (C=O) groups excluding carboxylic acids is 1. The highest BCUT2D eigenvalue weighted by atomic mass is 31.2. The van der Waals surface area contributed by atoms with Crippen LogP contribution in [0, 0.1) is 0 Å². The van der Waals surface area contributed by atoms with Crippen LogP contribution >= 0.6 is 7.82 Å². The Kier molecular flexibility index (Phi) is 8.05. The Labute approximate surface area is 98.0 Å². The summed E-state index contributed by atoms with van der Waals surface area (Å²) in [7, 11) is -2.75. The van der Waals surface area contributed by atoms with Gasteiger partial charge in [-0.25, -0.2) is 9.36 Å². The zero-order valence-electron chi connectivity index (χ0n) is 9.27. The maximum Gasteiger partial charge on any atom is 0.474 e. The van der Waals surface area contributed by atoms with Gasteiger partial charge in [-0.2, -0.15) is 0 Å². The standard InChI is InChI=1S/C7H16NO8P/c1-13-17(12,16-5-6(10)4-9)15-3-2-14-7(8)11/h6,9-10H,2-5H2,1H3,(H2,8,11). The predicted molar refractivity (Wildman–Crippen MR) is 55.1 cm³/mol. The molecular formula is C7H16NO8P. The van der Waals surface area contributed by atoms with E-state index in [1.165, 1.54) is 0 Å². The van der Waals surface area contributed by atoms with E-state index in [2.05, 4.69) is 19.5 Å². The first kappa shape index (κ1) is 16.3. The van der Waals surface area contributed by atoms with Crippen molar-refractivity contribution in [2.75, 3.05) is 33.5 Å². The number of carbonyl (C=O) groups is 1. The maximum atomic E-state index is 11.6. The minimum Gasteiger partial charge on any atom is -0.447 e.